The topological polar surface area (TPSA) is 82.5 Å². The van der Waals surface area contributed by atoms with E-state index in [1.165, 1.54) is 12.1 Å². The van der Waals surface area contributed by atoms with E-state index in [1.807, 2.05) is 0 Å². The molecule has 1 aliphatic rings. The molecular formula is C22H14F5N3O3. The Balaban J connectivity index is 1.72. The molecule has 1 aliphatic heterocycles. The summed E-state index contributed by atoms with van der Waals surface area (Å²) in [5.74, 6) is -5.09. The molecule has 4 rings (SSSR count). The summed E-state index contributed by atoms with van der Waals surface area (Å²) in [6, 6.07) is 6.75. The van der Waals surface area contributed by atoms with Gasteiger partial charge in [0.05, 0.1) is 17.6 Å². The van der Waals surface area contributed by atoms with Crippen LogP contribution in [0.4, 0.5) is 33.3 Å². The van der Waals surface area contributed by atoms with Crippen molar-refractivity contribution < 1.29 is 36.6 Å². The molecule has 6 nitrogen and oxygen atoms in total. The summed E-state index contributed by atoms with van der Waals surface area (Å²) < 4.78 is 68.0. The maximum Gasteiger partial charge on any atom is 0.263 e. The Kier molecular flexibility index (Phi) is 5.81. The number of amides is 2. The van der Waals surface area contributed by atoms with E-state index in [4.69, 9.17) is 0 Å². The van der Waals surface area contributed by atoms with Crippen LogP contribution in [-0.2, 0) is 9.59 Å². The van der Waals surface area contributed by atoms with Crippen molar-refractivity contribution in [2.24, 2.45) is 0 Å². The van der Waals surface area contributed by atoms with E-state index >= 15 is 0 Å². The van der Waals surface area contributed by atoms with Crippen molar-refractivity contribution in [3.8, 4) is 11.1 Å². The maximum atomic E-state index is 14.8. The summed E-state index contributed by atoms with van der Waals surface area (Å²) in [6.45, 7) is -0.793. The highest BCUT2D eigenvalue weighted by Crippen LogP contribution is 2.41. The quantitative estimate of drug-likeness (QED) is 0.571. The van der Waals surface area contributed by atoms with Gasteiger partial charge in [0.2, 0.25) is 5.91 Å². The van der Waals surface area contributed by atoms with Crippen LogP contribution in [0, 0.1) is 17.5 Å². The first-order chi connectivity index (χ1) is 15.7. The van der Waals surface area contributed by atoms with Crippen molar-refractivity contribution in [3.63, 3.8) is 0 Å². The van der Waals surface area contributed by atoms with Crippen molar-refractivity contribution in [2.45, 2.75) is 12.5 Å². The van der Waals surface area contributed by atoms with Gasteiger partial charge in [0.25, 0.3) is 12.3 Å². The molecule has 2 N–H and O–H groups in total. The van der Waals surface area contributed by atoms with Gasteiger partial charge in [-0.15, -0.1) is 0 Å². The largest absolute Gasteiger partial charge is 0.377 e. The van der Waals surface area contributed by atoms with E-state index in [2.05, 4.69) is 10.3 Å². The molecule has 0 spiro atoms. The van der Waals surface area contributed by atoms with Crippen molar-refractivity contribution in [1.82, 2.24) is 4.98 Å². The Morgan fingerprint density at radius 2 is 1.79 bits per heavy atom. The van der Waals surface area contributed by atoms with Crippen LogP contribution in [0.3, 0.4) is 0 Å². The second kappa shape index (κ2) is 8.58. The number of aliphatic hydroxyl groups is 1. The third kappa shape index (κ3) is 4.27. The summed E-state index contributed by atoms with van der Waals surface area (Å²) in [7, 11) is 0. The minimum Gasteiger partial charge on any atom is -0.377 e. The Morgan fingerprint density at radius 3 is 2.45 bits per heavy atom. The smallest absolute Gasteiger partial charge is 0.263 e. The molecule has 11 heteroatoms. The van der Waals surface area contributed by atoms with Crippen LogP contribution in [0.5, 0.6) is 0 Å². The first-order valence-corrected chi connectivity index (χ1v) is 9.48. The van der Waals surface area contributed by atoms with Gasteiger partial charge in [-0.3, -0.25) is 19.5 Å². The number of aliphatic hydroxyl groups excluding tert-OH is 1. The van der Waals surface area contributed by atoms with Crippen LogP contribution in [0.1, 0.15) is 23.8 Å². The first-order valence-electron chi connectivity index (χ1n) is 9.48. The molecule has 170 valence electrons. The van der Waals surface area contributed by atoms with E-state index in [9.17, 15) is 36.6 Å². The normalized spacial score (nSPS) is 15.2. The molecule has 2 aromatic carbocycles. The number of rotatable bonds is 4. The number of anilines is 2. The van der Waals surface area contributed by atoms with E-state index in [1.54, 1.807) is 0 Å². The molecule has 1 aromatic heterocycles. The fraction of sp³-hybridized carbons (Fsp3) is 0.136. The fourth-order valence-corrected chi connectivity index (χ4v) is 3.51. The number of nitrogens with one attached hydrogen (secondary N) is 1. The molecule has 0 radical (unpaired) electrons. The molecule has 2 amide bonds. The van der Waals surface area contributed by atoms with Gasteiger partial charge in [0.15, 0.2) is 6.10 Å². The lowest BCUT2D eigenvalue weighted by Gasteiger charge is -2.24. The zero-order valence-electron chi connectivity index (χ0n) is 16.5. The van der Waals surface area contributed by atoms with Crippen LogP contribution in [0.15, 0.2) is 48.7 Å². The number of carbonyl (C=O) groups is 2. The van der Waals surface area contributed by atoms with Gasteiger partial charge < -0.3 is 10.4 Å². The van der Waals surface area contributed by atoms with E-state index in [0.717, 1.165) is 30.5 Å². The molecular weight excluding hydrogens is 449 g/mol. The highest BCUT2D eigenvalue weighted by molar-refractivity contribution is 6.08. The minimum atomic E-state index is -2.70. The van der Waals surface area contributed by atoms with Gasteiger partial charge in [0.1, 0.15) is 24.0 Å². The van der Waals surface area contributed by atoms with Crippen molar-refractivity contribution in [1.29, 1.82) is 0 Å². The average molecular weight is 463 g/mol. The number of alkyl halides is 2. The number of halogens is 5. The molecule has 0 unspecified atom stereocenters. The second-order valence-corrected chi connectivity index (χ2v) is 7.17. The summed E-state index contributed by atoms with van der Waals surface area (Å²) >= 11 is 0. The van der Waals surface area contributed by atoms with Gasteiger partial charge in [-0.1, -0.05) is 12.1 Å². The van der Waals surface area contributed by atoms with Gasteiger partial charge in [-0.05, 0) is 24.3 Å². The van der Waals surface area contributed by atoms with E-state index in [0.29, 0.717) is 11.0 Å². The van der Waals surface area contributed by atoms with Crippen molar-refractivity contribution >= 4 is 23.2 Å². The predicted molar refractivity (Wildman–Crippen MR) is 107 cm³/mol. The van der Waals surface area contributed by atoms with Crippen LogP contribution in [0.2, 0.25) is 0 Å². The predicted octanol–water partition coefficient (Wildman–Crippen LogP) is 4.12. The van der Waals surface area contributed by atoms with E-state index in [-0.39, 0.29) is 22.5 Å². The number of aromatic nitrogens is 1. The van der Waals surface area contributed by atoms with Crippen LogP contribution < -0.4 is 10.2 Å². The molecule has 33 heavy (non-hydrogen) atoms. The SMILES string of the molecule is O=C(CN1C(=O)[C@H](O)c2ncc(F)cc2-c2c(F)cc(F)cc21)Nc1ccc(C(F)F)cc1. The Morgan fingerprint density at radius 1 is 1.09 bits per heavy atom. The summed E-state index contributed by atoms with van der Waals surface area (Å²) in [5, 5.41) is 12.9. The van der Waals surface area contributed by atoms with Crippen molar-refractivity contribution in [2.75, 3.05) is 16.8 Å². The zero-order chi connectivity index (χ0) is 23.9. The number of fused-ring (bicyclic) bond motifs is 3. The highest BCUT2D eigenvalue weighted by atomic mass is 19.3. The van der Waals surface area contributed by atoms with Crippen LogP contribution in [-0.4, -0.2) is 28.4 Å². The monoisotopic (exact) mass is 463 g/mol. The molecule has 0 bridgehead atoms. The van der Waals surface area contributed by atoms with Gasteiger partial charge in [-0.2, -0.15) is 0 Å². The summed E-state index contributed by atoms with van der Waals surface area (Å²) in [4.78, 5) is 29.8. The van der Waals surface area contributed by atoms with Gasteiger partial charge in [-0.25, -0.2) is 22.0 Å². The minimum absolute atomic E-state index is 0.130. The summed E-state index contributed by atoms with van der Waals surface area (Å²) in [6.07, 6.45) is -3.97. The lowest BCUT2D eigenvalue weighted by molar-refractivity contribution is -0.128. The Labute approximate surface area is 183 Å². The fourth-order valence-electron chi connectivity index (χ4n) is 3.51. The summed E-state index contributed by atoms with van der Waals surface area (Å²) in [5.41, 5.74) is -1.60. The Bertz CT molecular complexity index is 1250. The molecule has 0 saturated heterocycles. The third-order valence-corrected chi connectivity index (χ3v) is 4.99. The van der Waals surface area contributed by atoms with Crippen LogP contribution in [0.25, 0.3) is 11.1 Å². The lowest BCUT2D eigenvalue weighted by atomic mass is 10.00. The molecule has 3 aromatic rings. The first kappa shape index (κ1) is 22.3. The number of nitrogens with zero attached hydrogens (tertiary/aromatic N) is 2. The van der Waals surface area contributed by atoms with E-state index < -0.39 is 59.6 Å². The Hall–Kier alpha value is -3.86. The highest BCUT2D eigenvalue weighted by Gasteiger charge is 2.37. The van der Waals surface area contributed by atoms with Gasteiger partial charge in [0, 0.05) is 28.4 Å². The second-order valence-electron chi connectivity index (χ2n) is 7.17. The standard InChI is InChI=1S/C22H14F5N3O3/c23-11-6-15(25)18-14-5-12(24)8-28-19(14)20(32)22(33)30(16(18)7-11)9-17(31)29-13-3-1-10(2-4-13)21(26)27/h1-8,20-21,32H,9H2,(H,29,31)/t20-/m1/s1. The molecule has 1 atom stereocenters. The number of benzene rings is 2. The number of carbonyl (C=O) groups excluding carboxylic acids is 2. The van der Waals surface area contributed by atoms with Crippen molar-refractivity contribution in [3.05, 3.63) is 77.4 Å². The molecule has 2 heterocycles. The maximum absolute atomic E-state index is 14.8. The molecule has 0 fully saturated rings. The molecule has 0 aliphatic carbocycles. The molecule has 0 saturated carbocycles. The number of pyridine rings is 1. The lowest BCUT2D eigenvalue weighted by Crippen LogP contribution is -2.40. The average Bonchev–Trinajstić information content (AvgIpc) is 2.83. The number of hydrogen-bond acceptors (Lipinski definition) is 4. The third-order valence-electron chi connectivity index (χ3n) is 4.99. The zero-order valence-corrected chi connectivity index (χ0v) is 16.5. The van der Waals surface area contributed by atoms with Crippen LogP contribution >= 0.6 is 0 Å². The number of hydrogen-bond donors (Lipinski definition) is 2. The van der Waals surface area contributed by atoms with Gasteiger partial charge >= 0.3 is 0 Å².